The van der Waals surface area contributed by atoms with Crippen LogP contribution in [0.4, 0.5) is 0 Å². The van der Waals surface area contributed by atoms with Gasteiger partial charge in [0.15, 0.2) is 0 Å². The summed E-state index contributed by atoms with van der Waals surface area (Å²) < 4.78 is 34.5. The second kappa shape index (κ2) is 9.21. The molecule has 1 amide bonds. The van der Waals surface area contributed by atoms with Crippen LogP contribution in [0.25, 0.3) is 5.69 Å². The highest BCUT2D eigenvalue weighted by atomic mass is 79.9. The molecule has 152 valence electrons. The van der Waals surface area contributed by atoms with Crippen LogP contribution in [-0.4, -0.2) is 44.3 Å². The van der Waals surface area contributed by atoms with Gasteiger partial charge in [-0.05, 0) is 64.5 Å². The number of rotatable bonds is 8. The van der Waals surface area contributed by atoms with Gasteiger partial charge in [-0.25, -0.2) is 17.8 Å². The molecule has 2 N–H and O–H groups in total. The minimum Gasteiger partial charge on any atom is -0.497 e. The lowest BCUT2D eigenvalue weighted by atomic mass is 10.2. The van der Waals surface area contributed by atoms with Crippen molar-refractivity contribution in [3.05, 3.63) is 71.0 Å². The predicted molar refractivity (Wildman–Crippen MR) is 112 cm³/mol. The Morgan fingerprint density at radius 3 is 2.38 bits per heavy atom. The summed E-state index contributed by atoms with van der Waals surface area (Å²) in [6.07, 6.45) is 3.48. The molecule has 0 spiro atoms. The summed E-state index contributed by atoms with van der Waals surface area (Å²) in [6, 6.07) is 13.0. The Bertz CT molecular complexity index is 1080. The lowest BCUT2D eigenvalue weighted by Crippen LogP contribution is -2.34. The fourth-order valence-corrected chi connectivity index (χ4v) is 3.83. The third-order valence-electron chi connectivity index (χ3n) is 4.02. The lowest BCUT2D eigenvalue weighted by Gasteiger charge is -2.09. The van der Waals surface area contributed by atoms with Gasteiger partial charge in [0.1, 0.15) is 5.75 Å². The van der Waals surface area contributed by atoms with Crippen LogP contribution < -0.4 is 14.8 Å². The molecule has 1 heterocycles. The molecule has 3 aromatic rings. The van der Waals surface area contributed by atoms with Gasteiger partial charge >= 0.3 is 0 Å². The van der Waals surface area contributed by atoms with Crippen molar-refractivity contribution in [1.82, 2.24) is 19.8 Å². The molecule has 0 aliphatic rings. The molecule has 0 bridgehead atoms. The molecule has 0 aliphatic carbocycles. The number of sulfonamides is 1. The summed E-state index contributed by atoms with van der Waals surface area (Å²) >= 11 is 3.34. The van der Waals surface area contributed by atoms with E-state index in [9.17, 15) is 13.2 Å². The number of halogens is 1. The van der Waals surface area contributed by atoms with Gasteiger partial charge < -0.3 is 10.1 Å². The molecule has 0 saturated heterocycles. The van der Waals surface area contributed by atoms with Crippen molar-refractivity contribution in [2.45, 2.75) is 4.90 Å². The van der Waals surface area contributed by atoms with Gasteiger partial charge in [0.2, 0.25) is 10.0 Å². The quantitative estimate of drug-likeness (QED) is 0.483. The summed E-state index contributed by atoms with van der Waals surface area (Å²) in [5.74, 6) is 0.282. The molecule has 10 heteroatoms. The summed E-state index contributed by atoms with van der Waals surface area (Å²) in [6.45, 7) is 0.224. The van der Waals surface area contributed by atoms with Gasteiger partial charge in [-0.2, -0.15) is 5.10 Å². The van der Waals surface area contributed by atoms with Crippen LogP contribution in [0.5, 0.6) is 5.75 Å². The maximum absolute atomic E-state index is 12.2. The van der Waals surface area contributed by atoms with E-state index in [0.717, 1.165) is 10.2 Å². The molecule has 1 aromatic heterocycles. The van der Waals surface area contributed by atoms with Crippen molar-refractivity contribution in [3.8, 4) is 11.4 Å². The molecular formula is C19H19BrN4O4S. The van der Waals surface area contributed by atoms with Gasteiger partial charge in [-0.3, -0.25) is 4.79 Å². The van der Waals surface area contributed by atoms with Crippen LogP contribution in [0.3, 0.4) is 0 Å². The normalized spacial score (nSPS) is 11.2. The van der Waals surface area contributed by atoms with Gasteiger partial charge in [-0.15, -0.1) is 0 Å². The maximum atomic E-state index is 12.2. The van der Waals surface area contributed by atoms with Gasteiger partial charge in [0.05, 0.1) is 28.4 Å². The largest absolute Gasteiger partial charge is 0.497 e. The Morgan fingerprint density at radius 1 is 1.10 bits per heavy atom. The minimum atomic E-state index is -3.65. The van der Waals surface area contributed by atoms with Crippen LogP contribution >= 0.6 is 15.9 Å². The summed E-state index contributed by atoms with van der Waals surface area (Å²) in [7, 11) is -2.14. The zero-order chi connectivity index (χ0) is 20.9. The van der Waals surface area contributed by atoms with Gasteiger partial charge in [0, 0.05) is 24.8 Å². The molecule has 0 fully saturated rings. The fourth-order valence-electron chi connectivity index (χ4n) is 2.51. The van der Waals surface area contributed by atoms with Crippen LogP contribution in [0.2, 0.25) is 0 Å². The standard InChI is InChI=1S/C19H19BrN4O4S/c1-28-17-6-8-18(9-7-17)29(26,27)23-11-10-21-19(25)14-2-4-16(5-3-14)24-13-15(20)12-22-24/h2-9,12-13,23H,10-11H2,1H3,(H,21,25). The number of aromatic nitrogens is 2. The zero-order valence-corrected chi connectivity index (χ0v) is 17.9. The number of methoxy groups -OCH3 is 1. The van der Waals surface area contributed by atoms with Crippen molar-refractivity contribution in [1.29, 1.82) is 0 Å². The van der Waals surface area contributed by atoms with Crippen LogP contribution in [0.1, 0.15) is 10.4 Å². The van der Waals surface area contributed by atoms with E-state index >= 15 is 0 Å². The van der Waals surface area contributed by atoms with E-state index in [1.54, 1.807) is 47.3 Å². The molecule has 29 heavy (non-hydrogen) atoms. The van der Waals surface area contributed by atoms with Crippen LogP contribution in [0.15, 0.2) is 70.3 Å². The Labute approximate surface area is 177 Å². The predicted octanol–water partition coefficient (Wildman–Crippen LogP) is 2.35. The number of ether oxygens (including phenoxy) is 1. The first-order chi connectivity index (χ1) is 13.9. The third kappa shape index (κ3) is 5.43. The first-order valence-corrected chi connectivity index (χ1v) is 10.9. The van der Waals surface area contributed by atoms with Crippen molar-refractivity contribution in [2.24, 2.45) is 0 Å². The van der Waals surface area contributed by atoms with E-state index in [1.807, 2.05) is 6.20 Å². The van der Waals surface area contributed by atoms with E-state index in [1.165, 1.54) is 19.2 Å². The summed E-state index contributed by atoms with van der Waals surface area (Å²) in [5, 5.41) is 6.86. The van der Waals surface area contributed by atoms with E-state index in [2.05, 4.69) is 31.1 Å². The van der Waals surface area contributed by atoms with Crippen LogP contribution in [-0.2, 0) is 10.0 Å². The van der Waals surface area contributed by atoms with E-state index in [0.29, 0.717) is 11.3 Å². The van der Waals surface area contributed by atoms with Gasteiger partial charge in [-0.1, -0.05) is 0 Å². The number of amides is 1. The monoisotopic (exact) mass is 478 g/mol. The second-order valence-electron chi connectivity index (χ2n) is 5.98. The second-order valence-corrected chi connectivity index (χ2v) is 8.66. The molecule has 0 saturated carbocycles. The van der Waals surface area contributed by atoms with Crippen molar-refractivity contribution in [3.63, 3.8) is 0 Å². The Kier molecular flexibility index (Phi) is 6.68. The lowest BCUT2D eigenvalue weighted by molar-refractivity contribution is 0.0954. The number of hydrogen-bond acceptors (Lipinski definition) is 5. The van der Waals surface area contributed by atoms with Crippen molar-refractivity contribution in [2.75, 3.05) is 20.2 Å². The summed E-state index contributed by atoms with van der Waals surface area (Å²) in [5.41, 5.74) is 1.29. The van der Waals surface area contributed by atoms with Gasteiger partial charge in [0.25, 0.3) is 5.91 Å². The average Bonchev–Trinajstić information content (AvgIpc) is 3.17. The molecule has 0 radical (unpaired) electrons. The smallest absolute Gasteiger partial charge is 0.251 e. The Balaban J connectivity index is 1.50. The Morgan fingerprint density at radius 2 is 1.79 bits per heavy atom. The number of carbonyl (C=O) groups is 1. The molecular weight excluding hydrogens is 460 g/mol. The molecule has 0 atom stereocenters. The van der Waals surface area contributed by atoms with E-state index in [-0.39, 0.29) is 23.9 Å². The highest BCUT2D eigenvalue weighted by molar-refractivity contribution is 9.10. The molecule has 0 aliphatic heterocycles. The highest BCUT2D eigenvalue weighted by Gasteiger charge is 2.13. The topological polar surface area (TPSA) is 102 Å². The third-order valence-corrected chi connectivity index (χ3v) is 5.90. The van der Waals surface area contributed by atoms with E-state index < -0.39 is 10.0 Å². The highest BCUT2D eigenvalue weighted by Crippen LogP contribution is 2.15. The summed E-state index contributed by atoms with van der Waals surface area (Å²) in [4.78, 5) is 12.4. The van der Waals surface area contributed by atoms with E-state index in [4.69, 9.17) is 4.74 Å². The number of benzene rings is 2. The number of nitrogens with one attached hydrogen (secondary N) is 2. The number of nitrogens with zero attached hydrogens (tertiary/aromatic N) is 2. The zero-order valence-electron chi connectivity index (χ0n) is 15.5. The maximum Gasteiger partial charge on any atom is 0.251 e. The SMILES string of the molecule is COc1ccc(S(=O)(=O)NCCNC(=O)c2ccc(-n3cc(Br)cn3)cc2)cc1. The molecule has 8 nitrogen and oxygen atoms in total. The van der Waals surface area contributed by atoms with Crippen molar-refractivity contribution >= 4 is 31.9 Å². The molecule has 2 aromatic carbocycles. The minimum absolute atomic E-state index is 0.0689. The van der Waals surface area contributed by atoms with Crippen molar-refractivity contribution < 1.29 is 17.9 Å². The first kappa shape index (κ1) is 21.0. The molecule has 0 unspecified atom stereocenters. The average molecular weight is 479 g/mol. The molecule has 3 rings (SSSR count). The fraction of sp³-hybridized carbons (Fsp3) is 0.158. The Hall–Kier alpha value is -2.69. The van der Waals surface area contributed by atoms with Crippen LogP contribution in [0, 0.1) is 0 Å². The number of hydrogen-bond donors (Lipinski definition) is 2. The first-order valence-electron chi connectivity index (χ1n) is 8.61. The number of carbonyl (C=O) groups excluding carboxylic acids is 1.